The zero-order chi connectivity index (χ0) is 23.3. The van der Waals surface area contributed by atoms with Crippen LogP contribution in [0.1, 0.15) is 70.8 Å². The molecule has 1 aliphatic heterocycles. The Morgan fingerprint density at radius 2 is 1.66 bits per heavy atom. The Labute approximate surface area is 186 Å². The van der Waals surface area contributed by atoms with Gasteiger partial charge >= 0.3 is 6.18 Å². The van der Waals surface area contributed by atoms with E-state index in [0.717, 1.165) is 38.5 Å². The molecule has 1 aromatic carbocycles. The summed E-state index contributed by atoms with van der Waals surface area (Å²) in [4.78, 5) is 4.61. The van der Waals surface area contributed by atoms with Crippen molar-refractivity contribution < 1.29 is 26.7 Å². The smallest absolute Gasteiger partial charge is 0.416 e. The van der Waals surface area contributed by atoms with Crippen molar-refractivity contribution in [2.45, 2.75) is 77.8 Å². The van der Waals surface area contributed by atoms with Gasteiger partial charge in [0.2, 0.25) is 6.43 Å². The van der Waals surface area contributed by atoms with E-state index in [4.69, 9.17) is 4.74 Å². The summed E-state index contributed by atoms with van der Waals surface area (Å²) >= 11 is 0. The molecular formula is C25H30F5NO. The van der Waals surface area contributed by atoms with Crippen LogP contribution in [-0.4, -0.2) is 24.9 Å². The SMILES string of the molecule is CC1=C2C(=Nc3cccc(OCCCCCCCCCC(F)F)c32)C(C)C=C1C(F)(F)F. The van der Waals surface area contributed by atoms with E-state index in [1.54, 1.807) is 13.0 Å². The first-order valence-electron chi connectivity index (χ1n) is 11.3. The number of ether oxygens (including phenoxy) is 1. The Morgan fingerprint density at radius 1 is 1.00 bits per heavy atom. The van der Waals surface area contributed by atoms with Gasteiger partial charge in [0, 0.05) is 17.9 Å². The fourth-order valence-corrected chi connectivity index (χ4v) is 4.37. The number of benzene rings is 1. The number of allylic oxidation sites excluding steroid dienone is 4. The molecule has 0 fully saturated rings. The molecule has 0 N–H and O–H groups in total. The van der Waals surface area contributed by atoms with Crippen molar-refractivity contribution in [2.24, 2.45) is 10.9 Å². The van der Waals surface area contributed by atoms with Crippen LogP contribution in [-0.2, 0) is 0 Å². The van der Waals surface area contributed by atoms with Crippen molar-refractivity contribution in [1.29, 1.82) is 0 Å². The van der Waals surface area contributed by atoms with Gasteiger partial charge in [0.1, 0.15) is 5.75 Å². The maximum absolute atomic E-state index is 13.5. The molecular weight excluding hydrogens is 425 g/mol. The van der Waals surface area contributed by atoms with Crippen molar-refractivity contribution in [3.63, 3.8) is 0 Å². The normalized spacial score (nSPS) is 17.9. The minimum absolute atomic E-state index is 0.0182. The fourth-order valence-electron chi connectivity index (χ4n) is 4.37. The minimum atomic E-state index is -4.41. The number of nitrogens with zero attached hydrogens (tertiary/aromatic N) is 1. The van der Waals surface area contributed by atoms with E-state index < -0.39 is 24.1 Å². The summed E-state index contributed by atoms with van der Waals surface area (Å²) < 4.78 is 70.8. The molecule has 176 valence electrons. The molecule has 0 radical (unpaired) electrons. The van der Waals surface area contributed by atoms with Gasteiger partial charge in [0.05, 0.1) is 29.1 Å². The molecule has 0 aromatic heterocycles. The zero-order valence-electron chi connectivity index (χ0n) is 18.6. The summed E-state index contributed by atoms with van der Waals surface area (Å²) in [5.41, 5.74) is 2.10. The number of aliphatic imine (C=N–C) groups is 1. The first kappa shape index (κ1) is 24.5. The summed E-state index contributed by atoms with van der Waals surface area (Å²) in [6.45, 7) is 3.71. The van der Waals surface area contributed by atoms with E-state index in [9.17, 15) is 22.0 Å². The van der Waals surface area contributed by atoms with E-state index in [2.05, 4.69) is 4.99 Å². The average molecular weight is 456 g/mol. The molecule has 1 unspecified atom stereocenters. The van der Waals surface area contributed by atoms with Crippen LogP contribution >= 0.6 is 0 Å². The highest BCUT2D eigenvalue weighted by molar-refractivity contribution is 6.32. The summed E-state index contributed by atoms with van der Waals surface area (Å²) in [6.07, 6.45) is 0.798. The molecule has 1 aromatic rings. The van der Waals surface area contributed by atoms with E-state index in [-0.39, 0.29) is 12.0 Å². The Morgan fingerprint density at radius 3 is 2.31 bits per heavy atom. The van der Waals surface area contributed by atoms with E-state index >= 15 is 0 Å². The highest BCUT2D eigenvalue weighted by Crippen LogP contribution is 2.49. The van der Waals surface area contributed by atoms with Gasteiger partial charge in [0.15, 0.2) is 0 Å². The third-order valence-corrected chi connectivity index (χ3v) is 6.01. The molecule has 1 heterocycles. The number of unbranched alkanes of at least 4 members (excludes halogenated alkanes) is 6. The van der Waals surface area contributed by atoms with Gasteiger partial charge in [-0.2, -0.15) is 13.2 Å². The Bertz CT molecular complexity index is 898. The van der Waals surface area contributed by atoms with Crippen molar-refractivity contribution >= 4 is 17.0 Å². The van der Waals surface area contributed by atoms with Gasteiger partial charge in [-0.25, -0.2) is 8.78 Å². The Kier molecular flexibility index (Phi) is 8.12. The van der Waals surface area contributed by atoms with Crippen LogP contribution in [0.15, 0.2) is 40.4 Å². The molecule has 1 atom stereocenters. The van der Waals surface area contributed by atoms with Crippen LogP contribution in [0.2, 0.25) is 0 Å². The molecule has 7 heteroatoms. The molecule has 32 heavy (non-hydrogen) atoms. The predicted octanol–water partition coefficient (Wildman–Crippen LogP) is 8.45. The van der Waals surface area contributed by atoms with Crippen LogP contribution in [0.5, 0.6) is 5.75 Å². The molecule has 0 amide bonds. The second kappa shape index (κ2) is 10.6. The van der Waals surface area contributed by atoms with Crippen molar-refractivity contribution in [1.82, 2.24) is 0 Å². The Hall–Kier alpha value is -2.18. The number of hydrogen-bond donors (Lipinski definition) is 0. The lowest BCUT2D eigenvalue weighted by molar-refractivity contribution is -0.0896. The second-order valence-corrected chi connectivity index (χ2v) is 8.52. The largest absolute Gasteiger partial charge is 0.493 e. The topological polar surface area (TPSA) is 21.6 Å². The van der Waals surface area contributed by atoms with Crippen molar-refractivity contribution in [2.75, 3.05) is 6.61 Å². The van der Waals surface area contributed by atoms with Crippen molar-refractivity contribution in [3.8, 4) is 5.75 Å². The van der Waals surface area contributed by atoms with Gasteiger partial charge in [-0.15, -0.1) is 0 Å². The summed E-state index contributed by atoms with van der Waals surface area (Å²) in [6, 6.07) is 5.41. The highest BCUT2D eigenvalue weighted by atomic mass is 19.4. The predicted molar refractivity (Wildman–Crippen MR) is 118 cm³/mol. The third kappa shape index (κ3) is 5.78. The second-order valence-electron chi connectivity index (χ2n) is 8.52. The number of halogens is 5. The molecule has 2 nitrogen and oxygen atoms in total. The first-order chi connectivity index (χ1) is 15.2. The molecule has 0 spiro atoms. The van der Waals surface area contributed by atoms with Gasteiger partial charge < -0.3 is 4.74 Å². The quantitative estimate of drug-likeness (QED) is 0.242. The highest BCUT2D eigenvalue weighted by Gasteiger charge is 2.42. The van der Waals surface area contributed by atoms with Gasteiger partial charge in [0.25, 0.3) is 0 Å². The molecule has 1 aliphatic carbocycles. The molecule has 0 saturated heterocycles. The monoisotopic (exact) mass is 455 g/mol. The molecule has 2 aliphatic rings. The van der Waals surface area contributed by atoms with Gasteiger partial charge in [-0.05, 0) is 37.5 Å². The third-order valence-electron chi connectivity index (χ3n) is 6.01. The lowest BCUT2D eigenvalue weighted by atomic mass is 9.82. The lowest BCUT2D eigenvalue weighted by Crippen LogP contribution is -2.23. The first-order valence-corrected chi connectivity index (χ1v) is 11.3. The van der Waals surface area contributed by atoms with E-state index in [1.165, 1.54) is 13.0 Å². The molecule has 0 saturated carbocycles. The van der Waals surface area contributed by atoms with Crippen molar-refractivity contribution in [3.05, 3.63) is 41.0 Å². The number of alkyl halides is 5. The van der Waals surface area contributed by atoms with E-state index in [0.29, 0.717) is 41.3 Å². The average Bonchev–Trinajstić information content (AvgIpc) is 3.12. The van der Waals surface area contributed by atoms with Crippen LogP contribution in [0.3, 0.4) is 0 Å². The summed E-state index contributed by atoms with van der Waals surface area (Å²) in [5, 5.41) is 0. The van der Waals surface area contributed by atoms with Crippen LogP contribution < -0.4 is 4.74 Å². The molecule has 3 rings (SSSR count). The Balaban J connectivity index is 1.57. The zero-order valence-corrected chi connectivity index (χ0v) is 18.6. The lowest BCUT2D eigenvalue weighted by Gasteiger charge is -2.24. The summed E-state index contributed by atoms with van der Waals surface area (Å²) in [7, 11) is 0. The summed E-state index contributed by atoms with van der Waals surface area (Å²) in [5.74, 6) is 0.143. The van der Waals surface area contributed by atoms with Gasteiger partial charge in [-0.3, -0.25) is 4.99 Å². The van der Waals surface area contributed by atoms with Gasteiger partial charge in [-0.1, -0.05) is 51.2 Å². The van der Waals surface area contributed by atoms with Crippen LogP contribution in [0, 0.1) is 5.92 Å². The number of fused-ring (bicyclic) bond motifs is 3. The van der Waals surface area contributed by atoms with Crippen LogP contribution in [0.25, 0.3) is 5.57 Å². The maximum Gasteiger partial charge on any atom is 0.416 e. The number of hydrogen-bond acceptors (Lipinski definition) is 2. The van der Waals surface area contributed by atoms with E-state index in [1.807, 2.05) is 12.1 Å². The standard InChI is InChI=1S/C25H30F5NO/c1-16-15-18(25(28,29)30)17(2)22-23-19(31-24(16)22)11-10-12-20(23)32-14-9-7-5-3-4-6-8-13-21(26)27/h10-12,15-16,21H,3-9,13-14H2,1-2H3. The molecule has 0 bridgehead atoms. The van der Waals surface area contributed by atoms with Crippen LogP contribution in [0.4, 0.5) is 27.6 Å². The fraction of sp³-hybridized carbons (Fsp3) is 0.560. The maximum atomic E-state index is 13.5. The minimum Gasteiger partial charge on any atom is -0.493 e. The number of rotatable bonds is 11.